The molecule has 6 heteroatoms. The van der Waals surface area contributed by atoms with Crippen molar-refractivity contribution in [2.45, 2.75) is 19.5 Å². The third-order valence-corrected chi connectivity index (χ3v) is 4.56. The van der Waals surface area contributed by atoms with Crippen molar-refractivity contribution >= 4 is 5.91 Å². The van der Waals surface area contributed by atoms with Crippen molar-refractivity contribution in [1.82, 2.24) is 10.4 Å². The number of carbonyl (C=O) groups is 1. The molecule has 1 aliphatic rings. The highest BCUT2D eigenvalue weighted by atomic mass is 16.5. The highest BCUT2D eigenvalue weighted by Crippen LogP contribution is 2.33. The molecule has 0 unspecified atom stereocenters. The average molecular weight is 342 g/mol. The fourth-order valence-electron chi connectivity index (χ4n) is 3.05. The summed E-state index contributed by atoms with van der Waals surface area (Å²) in [5, 5.41) is 8.79. The lowest BCUT2D eigenvalue weighted by atomic mass is 10.0. The van der Waals surface area contributed by atoms with Gasteiger partial charge in [-0.15, -0.1) is 0 Å². The number of carbonyl (C=O) groups excluding carboxylic acids is 1. The molecule has 0 radical (unpaired) electrons. The standard InChI is InChI=1S/C19H22N2O4/c1-13-17-8-5-15(19(22)20-23)11-18(17)25-10-9-21(13)12-14-3-6-16(24-2)7-4-14/h3-8,11,13,23H,9-10,12H2,1-2H3,(H,20,22)/t13-/m0/s1. The van der Waals surface area contributed by atoms with Crippen molar-refractivity contribution < 1.29 is 19.5 Å². The molecule has 6 nitrogen and oxygen atoms in total. The number of rotatable bonds is 4. The molecule has 132 valence electrons. The molecule has 0 spiro atoms. The Hall–Kier alpha value is -2.57. The molecular weight excluding hydrogens is 320 g/mol. The van der Waals surface area contributed by atoms with Gasteiger partial charge in [0, 0.05) is 30.3 Å². The molecule has 0 saturated heterocycles. The summed E-state index contributed by atoms with van der Waals surface area (Å²) < 4.78 is 11.0. The molecule has 2 aromatic carbocycles. The zero-order valence-corrected chi connectivity index (χ0v) is 14.4. The molecule has 1 aliphatic heterocycles. The second kappa shape index (κ2) is 7.55. The molecule has 0 bridgehead atoms. The van der Waals surface area contributed by atoms with Crippen LogP contribution in [0.15, 0.2) is 42.5 Å². The molecule has 1 atom stereocenters. The van der Waals surface area contributed by atoms with Gasteiger partial charge in [-0.1, -0.05) is 18.2 Å². The fraction of sp³-hybridized carbons (Fsp3) is 0.316. The van der Waals surface area contributed by atoms with Crippen LogP contribution in [0.3, 0.4) is 0 Å². The number of hydroxylamine groups is 1. The number of nitrogens with zero attached hydrogens (tertiary/aromatic N) is 1. The summed E-state index contributed by atoms with van der Waals surface area (Å²) in [6.45, 7) is 4.25. The van der Waals surface area contributed by atoms with E-state index in [2.05, 4.69) is 24.0 Å². The third-order valence-electron chi connectivity index (χ3n) is 4.56. The molecule has 0 fully saturated rings. The minimum Gasteiger partial charge on any atom is -0.497 e. The topological polar surface area (TPSA) is 71.0 Å². The largest absolute Gasteiger partial charge is 0.497 e. The van der Waals surface area contributed by atoms with Crippen LogP contribution in [0.1, 0.15) is 34.5 Å². The van der Waals surface area contributed by atoms with E-state index in [4.69, 9.17) is 14.7 Å². The quantitative estimate of drug-likeness (QED) is 0.660. The molecule has 3 rings (SSSR count). The van der Waals surface area contributed by atoms with E-state index in [-0.39, 0.29) is 6.04 Å². The summed E-state index contributed by atoms with van der Waals surface area (Å²) in [6, 6.07) is 13.4. The van der Waals surface area contributed by atoms with E-state index in [1.807, 2.05) is 18.2 Å². The summed E-state index contributed by atoms with van der Waals surface area (Å²) >= 11 is 0. The molecular formula is C19H22N2O4. The van der Waals surface area contributed by atoms with E-state index in [0.29, 0.717) is 17.9 Å². The van der Waals surface area contributed by atoms with Gasteiger partial charge in [-0.2, -0.15) is 0 Å². The van der Waals surface area contributed by atoms with Gasteiger partial charge in [-0.05, 0) is 36.8 Å². The lowest BCUT2D eigenvalue weighted by molar-refractivity contribution is 0.0706. The SMILES string of the molecule is COc1ccc(CN2CCOc3cc(C(=O)NO)ccc3[C@@H]2C)cc1. The Morgan fingerprint density at radius 1 is 1.32 bits per heavy atom. The van der Waals surface area contributed by atoms with Gasteiger partial charge in [0.2, 0.25) is 0 Å². The van der Waals surface area contributed by atoms with Crippen LogP contribution in [0.4, 0.5) is 0 Å². The Kier molecular flexibility index (Phi) is 5.21. The van der Waals surface area contributed by atoms with Crippen LogP contribution < -0.4 is 15.0 Å². The first-order valence-electron chi connectivity index (χ1n) is 8.20. The van der Waals surface area contributed by atoms with Crippen molar-refractivity contribution in [1.29, 1.82) is 0 Å². The summed E-state index contributed by atoms with van der Waals surface area (Å²) in [6.07, 6.45) is 0. The van der Waals surface area contributed by atoms with Crippen LogP contribution in [-0.2, 0) is 6.54 Å². The third kappa shape index (κ3) is 3.75. The van der Waals surface area contributed by atoms with Crippen LogP contribution in [0.25, 0.3) is 0 Å². The monoisotopic (exact) mass is 342 g/mol. The summed E-state index contributed by atoms with van der Waals surface area (Å²) in [4.78, 5) is 13.9. The molecule has 2 N–H and O–H groups in total. The number of benzene rings is 2. The van der Waals surface area contributed by atoms with Gasteiger partial charge in [0.15, 0.2) is 0 Å². The van der Waals surface area contributed by atoms with Gasteiger partial charge in [-0.3, -0.25) is 14.9 Å². The van der Waals surface area contributed by atoms with Gasteiger partial charge in [0.25, 0.3) is 5.91 Å². The first-order valence-corrected chi connectivity index (χ1v) is 8.20. The second-order valence-electron chi connectivity index (χ2n) is 6.04. The van der Waals surface area contributed by atoms with Crippen molar-refractivity contribution in [3.8, 4) is 11.5 Å². The molecule has 0 aromatic heterocycles. The van der Waals surface area contributed by atoms with Crippen LogP contribution in [0.2, 0.25) is 0 Å². The lowest BCUT2D eigenvalue weighted by Crippen LogP contribution is -2.28. The number of hydrogen-bond donors (Lipinski definition) is 2. The number of amides is 1. The lowest BCUT2D eigenvalue weighted by Gasteiger charge is -2.27. The van der Waals surface area contributed by atoms with Crippen molar-refractivity contribution in [2.75, 3.05) is 20.3 Å². The van der Waals surface area contributed by atoms with Gasteiger partial charge in [-0.25, -0.2) is 5.48 Å². The van der Waals surface area contributed by atoms with Gasteiger partial charge in [0.05, 0.1) is 7.11 Å². The predicted octanol–water partition coefficient (Wildman–Crippen LogP) is 2.77. The van der Waals surface area contributed by atoms with Gasteiger partial charge in [0.1, 0.15) is 18.1 Å². The fourth-order valence-corrected chi connectivity index (χ4v) is 3.05. The normalized spacial score (nSPS) is 17.2. The van der Waals surface area contributed by atoms with E-state index in [1.54, 1.807) is 24.7 Å². The minimum absolute atomic E-state index is 0.144. The zero-order chi connectivity index (χ0) is 17.8. The molecule has 25 heavy (non-hydrogen) atoms. The highest BCUT2D eigenvalue weighted by Gasteiger charge is 2.24. The number of methoxy groups -OCH3 is 1. The maximum atomic E-state index is 11.6. The Bertz CT molecular complexity index is 746. The van der Waals surface area contributed by atoms with E-state index in [1.165, 1.54) is 5.56 Å². The van der Waals surface area contributed by atoms with Gasteiger partial charge >= 0.3 is 0 Å². The second-order valence-corrected chi connectivity index (χ2v) is 6.04. The van der Waals surface area contributed by atoms with Crippen molar-refractivity contribution in [2.24, 2.45) is 0 Å². The maximum absolute atomic E-state index is 11.6. The van der Waals surface area contributed by atoms with Gasteiger partial charge < -0.3 is 9.47 Å². The summed E-state index contributed by atoms with van der Waals surface area (Å²) in [5.41, 5.74) is 4.25. The van der Waals surface area contributed by atoms with Crippen LogP contribution in [0.5, 0.6) is 11.5 Å². The van der Waals surface area contributed by atoms with E-state index in [9.17, 15) is 4.79 Å². The molecule has 1 amide bonds. The Morgan fingerprint density at radius 2 is 2.08 bits per heavy atom. The number of hydrogen-bond acceptors (Lipinski definition) is 5. The smallest absolute Gasteiger partial charge is 0.274 e. The van der Waals surface area contributed by atoms with Crippen LogP contribution in [-0.4, -0.2) is 36.3 Å². The van der Waals surface area contributed by atoms with E-state index in [0.717, 1.165) is 24.4 Å². The maximum Gasteiger partial charge on any atom is 0.274 e. The summed E-state index contributed by atoms with van der Waals surface area (Å²) in [5.74, 6) is 0.986. The number of nitrogens with one attached hydrogen (secondary N) is 1. The van der Waals surface area contributed by atoms with Crippen molar-refractivity contribution in [3.05, 3.63) is 59.2 Å². The Balaban J connectivity index is 1.80. The van der Waals surface area contributed by atoms with Crippen molar-refractivity contribution in [3.63, 3.8) is 0 Å². The molecule has 2 aromatic rings. The Morgan fingerprint density at radius 3 is 2.76 bits per heavy atom. The van der Waals surface area contributed by atoms with E-state index >= 15 is 0 Å². The highest BCUT2D eigenvalue weighted by molar-refractivity contribution is 5.93. The summed E-state index contributed by atoms with van der Waals surface area (Å²) in [7, 11) is 1.66. The van der Waals surface area contributed by atoms with Crippen LogP contribution in [0, 0.1) is 0 Å². The zero-order valence-electron chi connectivity index (χ0n) is 14.4. The van der Waals surface area contributed by atoms with E-state index < -0.39 is 5.91 Å². The number of ether oxygens (including phenoxy) is 2. The number of fused-ring (bicyclic) bond motifs is 1. The first kappa shape index (κ1) is 17.3. The Labute approximate surface area is 146 Å². The van der Waals surface area contributed by atoms with Crippen LogP contribution >= 0.6 is 0 Å². The average Bonchev–Trinajstić information content (AvgIpc) is 2.80. The first-order chi connectivity index (χ1) is 12.1. The molecule has 1 heterocycles. The minimum atomic E-state index is -0.543. The molecule has 0 aliphatic carbocycles. The predicted molar refractivity (Wildman–Crippen MR) is 93.0 cm³/mol. The molecule has 0 saturated carbocycles.